The Bertz CT molecular complexity index is 490. The van der Waals surface area contributed by atoms with Crippen LogP contribution in [-0.4, -0.2) is 60.9 Å². The summed E-state index contributed by atoms with van der Waals surface area (Å²) in [6.07, 6.45) is 2.17. The third-order valence-electron chi connectivity index (χ3n) is 2.76. The molecule has 0 aliphatic carbocycles. The van der Waals surface area contributed by atoms with Gasteiger partial charge in [-0.25, -0.2) is 13.4 Å². The van der Waals surface area contributed by atoms with E-state index in [0.29, 0.717) is 19.6 Å². The summed E-state index contributed by atoms with van der Waals surface area (Å²) in [5.74, 6) is 0.0495. The molecule has 1 rings (SSSR count). The van der Waals surface area contributed by atoms with Gasteiger partial charge in [0.25, 0.3) is 10.0 Å². The second-order valence-electron chi connectivity index (χ2n) is 4.75. The Morgan fingerprint density at radius 2 is 1.95 bits per heavy atom. The molecule has 8 heteroatoms. The van der Waals surface area contributed by atoms with Crippen molar-refractivity contribution in [2.45, 2.75) is 18.4 Å². The molecule has 0 radical (unpaired) electrons. The Morgan fingerprint density at radius 3 is 2.37 bits per heavy atom. The molecule has 19 heavy (non-hydrogen) atoms. The maximum atomic E-state index is 12.6. The van der Waals surface area contributed by atoms with Gasteiger partial charge < -0.3 is 15.2 Å². The van der Waals surface area contributed by atoms with Crippen molar-refractivity contribution < 1.29 is 8.42 Å². The summed E-state index contributed by atoms with van der Waals surface area (Å²) < 4.78 is 28.1. The SMILES string of the molecule is CCCN(CCN(C)C)S(=O)(=O)c1c(N)ncn1C. The fourth-order valence-electron chi connectivity index (χ4n) is 1.79. The zero-order valence-corrected chi connectivity index (χ0v) is 12.8. The standard InChI is InChI=1S/C11H23N5O2S/c1-5-6-16(8-7-14(2)3)19(17,18)11-10(12)13-9-15(11)4/h9H,5-8,12H2,1-4H3. The van der Waals surface area contributed by atoms with Crippen molar-refractivity contribution in [2.24, 2.45) is 7.05 Å². The van der Waals surface area contributed by atoms with E-state index in [9.17, 15) is 8.42 Å². The van der Waals surface area contributed by atoms with Crippen molar-refractivity contribution in [3.05, 3.63) is 6.33 Å². The highest BCUT2D eigenvalue weighted by Gasteiger charge is 2.29. The molecule has 0 atom stereocenters. The maximum absolute atomic E-state index is 12.6. The molecule has 1 aromatic rings. The third kappa shape index (κ3) is 3.68. The smallest absolute Gasteiger partial charge is 0.262 e. The average molecular weight is 289 g/mol. The first-order valence-corrected chi connectivity index (χ1v) is 7.66. The number of sulfonamides is 1. The van der Waals surface area contributed by atoms with Gasteiger partial charge in [-0.15, -0.1) is 0 Å². The molecule has 0 bridgehead atoms. The van der Waals surface area contributed by atoms with Crippen LogP contribution in [0.4, 0.5) is 5.82 Å². The van der Waals surface area contributed by atoms with Gasteiger partial charge in [0.2, 0.25) is 0 Å². The second-order valence-corrected chi connectivity index (χ2v) is 6.61. The maximum Gasteiger partial charge on any atom is 0.262 e. The molecule has 0 spiro atoms. The number of nitrogen functional groups attached to an aromatic ring is 1. The van der Waals surface area contributed by atoms with Crippen LogP contribution in [0.5, 0.6) is 0 Å². The van der Waals surface area contributed by atoms with Crippen LogP contribution in [-0.2, 0) is 17.1 Å². The lowest BCUT2D eigenvalue weighted by Crippen LogP contribution is -2.38. The fourth-order valence-corrected chi connectivity index (χ4v) is 3.50. The van der Waals surface area contributed by atoms with Gasteiger partial charge in [0.1, 0.15) is 0 Å². The number of anilines is 1. The van der Waals surface area contributed by atoms with Gasteiger partial charge in [0, 0.05) is 26.7 Å². The van der Waals surface area contributed by atoms with Crippen LogP contribution in [0.15, 0.2) is 11.4 Å². The molecule has 0 unspecified atom stereocenters. The van der Waals surface area contributed by atoms with Crippen molar-refractivity contribution in [3.8, 4) is 0 Å². The molecule has 0 aromatic carbocycles. The van der Waals surface area contributed by atoms with Gasteiger partial charge in [0.05, 0.1) is 6.33 Å². The van der Waals surface area contributed by atoms with Crippen molar-refractivity contribution in [1.29, 1.82) is 0 Å². The first kappa shape index (κ1) is 15.9. The highest BCUT2D eigenvalue weighted by Crippen LogP contribution is 2.20. The fraction of sp³-hybridized carbons (Fsp3) is 0.727. The first-order valence-electron chi connectivity index (χ1n) is 6.22. The highest BCUT2D eigenvalue weighted by atomic mass is 32.2. The molecular weight excluding hydrogens is 266 g/mol. The van der Waals surface area contributed by atoms with Crippen LogP contribution < -0.4 is 5.73 Å². The molecule has 2 N–H and O–H groups in total. The lowest BCUT2D eigenvalue weighted by molar-refractivity contribution is 0.331. The van der Waals surface area contributed by atoms with Gasteiger partial charge >= 0.3 is 0 Å². The molecule has 0 amide bonds. The minimum absolute atomic E-state index is 0.0495. The number of rotatable bonds is 7. The predicted octanol–water partition coefficient (Wildman–Crippen LogP) is -0.0354. The number of imidazole rings is 1. The van der Waals surface area contributed by atoms with Crippen molar-refractivity contribution in [3.63, 3.8) is 0 Å². The number of nitrogens with zero attached hydrogens (tertiary/aromatic N) is 4. The zero-order valence-electron chi connectivity index (χ0n) is 12.0. The molecular formula is C11H23N5O2S. The van der Waals surface area contributed by atoms with Gasteiger partial charge in [0.15, 0.2) is 10.8 Å². The van der Waals surface area contributed by atoms with E-state index in [1.165, 1.54) is 15.2 Å². The minimum Gasteiger partial charge on any atom is -0.381 e. The Kier molecular flexibility index (Phi) is 5.33. The van der Waals surface area contributed by atoms with E-state index in [0.717, 1.165) is 6.42 Å². The van der Waals surface area contributed by atoms with E-state index in [1.54, 1.807) is 7.05 Å². The molecule has 0 saturated carbocycles. The van der Waals surface area contributed by atoms with E-state index in [1.807, 2.05) is 25.9 Å². The molecule has 1 aromatic heterocycles. The first-order chi connectivity index (χ1) is 8.80. The molecule has 1 heterocycles. The molecule has 0 aliphatic heterocycles. The van der Waals surface area contributed by atoms with Crippen molar-refractivity contribution in [2.75, 3.05) is 39.5 Å². The minimum atomic E-state index is -3.59. The topological polar surface area (TPSA) is 84.5 Å². The van der Waals surface area contributed by atoms with Crippen LogP contribution in [0.2, 0.25) is 0 Å². The van der Waals surface area contributed by atoms with Crippen LogP contribution >= 0.6 is 0 Å². The van der Waals surface area contributed by atoms with E-state index in [4.69, 9.17) is 5.73 Å². The Balaban J connectivity index is 3.06. The predicted molar refractivity (Wildman–Crippen MR) is 75.2 cm³/mol. The van der Waals surface area contributed by atoms with Crippen LogP contribution in [0.1, 0.15) is 13.3 Å². The normalized spacial score (nSPS) is 12.5. The molecule has 0 fully saturated rings. The second kappa shape index (κ2) is 6.36. The van der Waals surface area contributed by atoms with Crippen molar-refractivity contribution >= 4 is 15.8 Å². The monoisotopic (exact) mass is 289 g/mol. The average Bonchev–Trinajstić information content (AvgIpc) is 2.64. The van der Waals surface area contributed by atoms with Crippen LogP contribution in [0.3, 0.4) is 0 Å². The van der Waals surface area contributed by atoms with Gasteiger partial charge in [-0.1, -0.05) is 6.92 Å². The van der Waals surface area contributed by atoms with E-state index in [-0.39, 0.29) is 10.8 Å². The van der Waals surface area contributed by atoms with E-state index < -0.39 is 10.0 Å². The number of likely N-dealkylation sites (N-methyl/N-ethyl adjacent to an activating group) is 1. The zero-order chi connectivity index (χ0) is 14.6. The van der Waals surface area contributed by atoms with Gasteiger partial charge in [-0.2, -0.15) is 4.31 Å². The summed E-state index contributed by atoms with van der Waals surface area (Å²) in [5, 5.41) is 0.0692. The summed E-state index contributed by atoms with van der Waals surface area (Å²) >= 11 is 0. The summed E-state index contributed by atoms with van der Waals surface area (Å²) in [6.45, 7) is 3.52. The molecule has 110 valence electrons. The quantitative estimate of drug-likeness (QED) is 0.761. The Labute approximate surface area is 115 Å². The van der Waals surface area contributed by atoms with Gasteiger partial charge in [-0.3, -0.25) is 0 Å². The third-order valence-corrected chi connectivity index (χ3v) is 4.79. The molecule has 7 nitrogen and oxygen atoms in total. The van der Waals surface area contributed by atoms with Crippen LogP contribution in [0, 0.1) is 0 Å². The molecule has 0 saturated heterocycles. The van der Waals surface area contributed by atoms with E-state index >= 15 is 0 Å². The largest absolute Gasteiger partial charge is 0.381 e. The highest BCUT2D eigenvalue weighted by molar-refractivity contribution is 7.89. The van der Waals surface area contributed by atoms with Crippen LogP contribution in [0.25, 0.3) is 0 Å². The van der Waals surface area contributed by atoms with Gasteiger partial charge in [-0.05, 0) is 20.5 Å². The number of aromatic nitrogens is 2. The number of hydrogen-bond acceptors (Lipinski definition) is 5. The van der Waals surface area contributed by atoms with Crippen molar-refractivity contribution in [1.82, 2.24) is 18.8 Å². The summed E-state index contributed by atoms with van der Waals surface area (Å²) in [4.78, 5) is 5.79. The molecule has 0 aliphatic rings. The number of hydrogen-bond donors (Lipinski definition) is 1. The Hall–Kier alpha value is -1.12. The summed E-state index contributed by atoms with van der Waals surface area (Å²) in [7, 11) is 1.86. The number of nitrogens with two attached hydrogens (primary N) is 1. The lowest BCUT2D eigenvalue weighted by Gasteiger charge is -2.23. The van der Waals surface area contributed by atoms with E-state index in [2.05, 4.69) is 4.98 Å². The Morgan fingerprint density at radius 1 is 1.32 bits per heavy atom. The number of aryl methyl sites for hydroxylation is 1. The summed E-state index contributed by atoms with van der Waals surface area (Å²) in [5.41, 5.74) is 5.67. The lowest BCUT2D eigenvalue weighted by atomic mass is 10.4. The summed E-state index contributed by atoms with van der Waals surface area (Å²) in [6, 6.07) is 0.